The number of hydrogen-bond acceptors (Lipinski definition) is 7. The number of fused-ring (bicyclic) bond motifs is 4. The molecule has 5 rings (SSSR count). The van der Waals surface area contributed by atoms with E-state index in [4.69, 9.17) is 19.9 Å². The van der Waals surface area contributed by atoms with Gasteiger partial charge in [-0.2, -0.15) is 0 Å². The molecule has 1 amide bonds. The van der Waals surface area contributed by atoms with Gasteiger partial charge in [0.1, 0.15) is 23.2 Å². The fourth-order valence-corrected chi connectivity index (χ4v) is 5.94. The van der Waals surface area contributed by atoms with E-state index in [9.17, 15) is 4.79 Å². The number of amidine groups is 1. The van der Waals surface area contributed by atoms with Gasteiger partial charge >= 0.3 is 0 Å². The Balaban J connectivity index is 1.45. The van der Waals surface area contributed by atoms with Gasteiger partial charge in [0.2, 0.25) is 0 Å². The summed E-state index contributed by atoms with van der Waals surface area (Å²) in [4.78, 5) is 21.6. The average molecular weight is 413 g/mol. The molecule has 1 aliphatic carbocycles. The second-order valence-corrected chi connectivity index (χ2v) is 9.16. The normalized spacial score (nSPS) is 30.3. The summed E-state index contributed by atoms with van der Waals surface area (Å²) in [5.74, 6) is 2.22. The minimum atomic E-state index is -0.397. The van der Waals surface area contributed by atoms with E-state index < -0.39 is 5.54 Å². The highest BCUT2D eigenvalue weighted by Gasteiger charge is 2.54. The molecule has 1 aromatic heterocycles. The Bertz CT molecular complexity index is 1000. The number of carbonyl (C=O) groups is 1. The van der Waals surface area contributed by atoms with Crippen LogP contribution in [0.2, 0.25) is 0 Å². The molecule has 8 heteroatoms. The minimum Gasteiger partial charge on any atom is -0.490 e. The van der Waals surface area contributed by atoms with E-state index >= 15 is 0 Å². The number of benzene rings is 1. The number of aromatic nitrogens is 1. The Morgan fingerprint density at radius 3 is 2.93 bits per heavy atom. The summed E-state index contributed by atoms with van der Waals surface area (Å²) in [5.41, 5.74) is 8.38. The van der Waals surface area contributed by atoms with Crippen LogP contribution in [-0.4, -0.2) is 34.0 Å². The van der Waals surface area contributed by atoms with Crippen molar-refractivity contribution in [3.05, 3.63) is 47.2 Å². The predicted octanol–water partition coefficient (Wildman–Crippen LogP) is 2.91. The maximum Gasteiger partial charge on any atom is 0.273 e. The maximum atomic E-state index is 12.6. The lowest BCUT2D eigenvalue weighted by Gasteiger charge is -2.48. The summed E-state index contributed by atoms with van der Waals surface area (Å²) in [6.45, 7) is 3.83. The number of carbonyl (C=O) groups excluding carboxylic acids is 1. The number of rotatable bonds is 2. The van der Waals surface area contributed by atoms with Gasteiger partial charge in [-0.3, -0.25) is 4.79 Å². The summed E-state index contributed by atoms with van der Waals surface area (Å²) < 4.78 is 11.6. The van der Waals surface area contributed by atoms with Crippen LogP contribution >= 0.6 is 11.8 Å². The first-order chi connectivity index (χ1) is 14.0. The standard InChI is InChI=1S/C21H24N4O3S/c1-11-3-5-16-14(7-11)21(9-29-20(22)25-21)15-8-13(4-6-17(15)28-16)24-19(26)18-12(2)27-10-23-18/h3,5,7,10,13,15,17H,4,6,8-9H2,1-2H3,(H2,22,25)(H,24,26). The number of aliphatic imine (C=N–C) groups is 1. The molecule has 1 spiro atoms. The SMILES string of the molecule is Cc1ccc2c(c1)C1(CSC(N)=N1)C1CC(NC(=O)c3ncoc3C)CCC1O2. The first-order valence-corrected chi connectivity index (χ1v) is 10.9. The van der Waals surface area contributed by atoms with Crippen molar-refractivity contribution >= 4 is 22.8 Å². The Morgan fingerprint density at radius 2 is 2.21 bits per heavy atom. The quantitative estimate of drug-likeness (QED) is 0.786. The zero-order valence-electron chi connectivity index (χ0n) is 16.5. The number of thioether (sulfide) groups is 1. The molecular weight excluding hydrogens is 388 g/mol. The highest BCUT2D eigenvalue weighted by molar-refractivity contribution is 8.14. The molecule has 3 heterocycles. The lowest BCUT2D eigenvalue weighted by Crippen LogP contribution is -2.54. The summed E-state index contributed by atoms with van der Waals surface area (Å²) in [6.07, 6.45) is 3.88. The predicted molar refractivity (Wildman–Crippen MR) is 111 cm³/mol. The topological polar surface area (TPSA) is 103 Å². The van der Waals surface area contributed by atoms with Gasteiger partial charge in [-0.1, -0.05) is 23.4 Å². The Hall–Kier alpha value is -2.48. The third kappa shape index (κ3) is 3.01. The molecule has 3 aliphatic rings. The number of amides is 1. The summed E-state index contributed by atoms with van der Waals surface area (Å²) in [6, 6.07) is 6.34. The van der Waals surface area contributed by atoms with Crippen molar-refractivity contribution in [1.29, 1.82) is 0 Å². The van der Waals surface area contributed by atoms with Crippen LogP contribution in [0.25, 0.3) is 0 Å². The van der Waals surface area contributed by atoms with E-state index in [1.54, 1.807) is 18.7 Å². The Kier molecular flexibility index (Phi) is 4.34. The third-order valence-electron chi connectivity index (χ3n) is 6.32. The number of ether oxygens (including phenoxy) is 1. The molecule has 3 N–H and O–H groups in total. The minimum absolute atomic E-state index is 0.0358. The lowest BCUT2D eigenvalue weighted by atomic mass is 9.67. The van der Waals surface area contributed by atoms with Crippen molar-refractivity contribution in [2.45, 2.75) is 50.8 Å². The van der Waals surface area contributed by atoms with Crippen LogP contribution in [0, 0.1) is 19.8 Å². The monoisotopic (exact) mass is 412 g/mol. The molecule has 1 aromatic carbocycles. The molecule has 1 fully saturated rings. The van der Waals surface area contributed by atoms with Gasteiger partial charge in [-0.05, 0) is 45.2 Å². The van der Waals surface area contributed by atoms with Crippen LogP contribution in [0.1, 0.15) is 46.6 Å². The van der Waals surface area contributed by atoms with Gasteiger partial charge in [-0.15, -0.1) is 0 Å². The van der Waals surface area contributed by atoms with Crippen LogP contribution in [0.3, 0.4) is 0 Å². The van der Waals surface area contributed by atoms with Crippen molar-refractivity contribution in [1.82, 2.24) is 10.3 Å². The van der Waals surface area contributed by atoms with Gasteiger partial charge < -0.3 is 20.2 Å². The molecular formula is C21H24N4O3S. The van der Waals surface area contributed by atoms with E-state index in [0.29, 0.717) is 16.6 Å². The lowest BCUT2D eigenvalue weighted by molar-refractivity contribution is 0.0155. The van der Waals surface area contributed by atoms with Crippen LogP contribution in [0.15, 0.2) is 34.0 Å². The van der Waals surface area contributed by atoms with Gasteiger partial charge in [-0.25, -0.2) is 9.98 Å². The Morgan fingerprint density at radius 1 is 1.34 bits per heavy atom. The van der Waals surface area contributed by atoms with E-state index in [1.165, 1.54) is 12.0 Å². The largest absolute Gasteiger partial charge is 0.490 e. The zero-order chi connectivity index (χ0) is 20.2. The molecule has 0 radical (unpaired) electrons. The van der Waals surface area contributed by atoms with Crippen molar-refractivity contribution in [3.8, 4) is 5.75 Å². The van der Waals surface area contributed by atoms with E-state index in [0.717, 1.165) is 36.3 Å². The summed E-state index contributed by atoms with van der Waals surface area (Å²) in [5, 5.41) is 3.77. The number of aryl methyl sites for hydroxylation is 2. The van der Waals surface area contributed by atoms with Gasteiger partial charge in [0.05, 0.1) is 0 Å². The molecule has 2 aliphatic heterocycles. The maximum absolute atomic E-state index is 12.6. The second-order valence-electron chi connectivity index (χ2n) is 8.17. The molecule has 2 aromatic rings. The van der Waals surface area contributed by atoms with E-state index in [-0.39, 0.29) is 24.0 Å². The fraction of sp³-hybridized carbons (Fsp3) is 0.476. The van der Waals surface area contributed by atoms with Crippen LogP contribution < -0.4 is 15.8 Å². The summed E-state index contributed by atoms with van der Waals surface area (Å²) in [7, 11) is 0. The van der Waals surface area contributed by atoms with Crippen molar-refractivity contribution in [3.63, 3.8) is 0 Å². The third-order valence-corrected chi connectivity index (χ3v) is 7.30. The number of hydrogen-bond donors (Lipinski definition) is 2. The van der Waals surface area contributed by atoms with Gasteiger partial charge in [0.15, 0.2) is 17.3 Å². The Labute approximate surface area is 173 Å². The molecule has 1 saturated carbocycles. The molecule has 0 bridgehead atoms. The average Bonchev–Trinajstić information content (AvgIpc) is 3.30. The van der Waals surface area contributed by atoms with E-state index in [1.807, 2.05) is 0 Å². The van der Waals surface area contributed by atoms with Crippen molar-refractivity contribution in [2.75, 3.05) is 5.75 Å². The zero-order valence-corrected chi connectivity index (χ0v) is 17.3. The van der Waals surface area contributed by atoms with Gasteiger partial charge in [0.25, 0.3) is 5.91 Å². The molecule has 29 heavy (non-hydrogen) atoms. The highest BCUT2D eigenvalue weighted by Crippen LogP contribution is 2.54. The first kappa shape index (κ1) is 18.5. The second kappa shape index (κ2) is 6.79. The molecule has 0 saturated heterocycles. The molecule has 4 atom stereocenters. The summed E-state index contributed by atoms with van der Waals surface area (Å²) >= 11 is 1.61. The molecule has 4 unspecified atom stereocenters. The molecule has 152 valence electrons. The fourth-order valence-electron chi connectivity index (χ4n) is 4.92. The van der Waals surface area contributed by atoms with Crippen molar-refractivity contribution < 1.29 is 13.9 Å². The number of nitrogens with two attached hydrogens (primary N) is 1. The smallest absolute Gasteiger partial charge is 0.273 e. The van der Waals surface area contributed by atoms with Crippen molar-refractivity contribution in [2.24, 2.45) is 16.6 Å². The number of oxazole rings is 1. The van der Waals surface area contributed by atoms with Crippen LogP contribution in [-0.2, 0) is 5.54 Å². The molecule has 7 nitrogen and oxygen atoms in total. The number of nitrogens with zero attached hydrogens (tertiary/aromatic N) is 2. The van der Waals surface area contributed by atoms with Crippen LogP contribution in [0.4, 0.5) is 0 Å². The number of nitrogens with one attached hydrogen (secondary N) is 1. The highest BCUT2D eigenvalue weighted by atomic mass is 32.2. The van der Waals surface area contributed by atoms with E-state index in [2.05, 4.69) is 35.4 Å². The van der Waals surface area contributed by atoms with Crippen LogP contribution in [0.5, 0.6) is 5.75 Å². The van der Waals surface area contributed by atoms with Gasteiger partial charge in [0, 0.05) is 23.3 Å². The first-order valence-electron chi connectivity index (χ1n) is 9.93.